The van der Waals surface area contributed by atoms with Crippen molar-refractivity contribution in [1.82, 2.24) is 15.0 Å². The molecular formula is C23H26Cl2N4O3. The molecule has 32 heavy (non-hydrogen) atoms. The fourth-order valence-corrected chi connectivity index (χ4v) is 4.55. The van der Waals surface area contributed by atoms with E-state index in [9.17, 15) is 0 Å². The molecule has 0 aliphatic carbocycles. The zero-order valence-electron chi connectivity index (χ0n) is 18.6. The number of methoxy groups -OCH3 is 2. The van der Waals surface area contributed by atoms with Crippen LogP contribution in [0, 0.1) is 0 Å². The Hall–Kier alpha value is -2.35. The van der Waals surface area contributed by atoms with Gasteiger partial charge in [-0.25, -0.2) is 15.0 Å². The molecule has 1 aliphatic rings. The van der Waals surface area contributed by atoms with E-state index in [0.29, 0.717) is 58.3 Å². The van der Waals surface area contributed by atoms with Crippen molar-refractivity contribution in [1.29, 1.82) is 0 Å². The Kier molecular flexibility index (Phi) is 6.88. The molecule has 1 aromatic carbocycles. The molecule has 9 heteroatoms. The van der Waals surface area contributed by atoms with Gasteiger partial charge in [0.25, 0.3) is 0 Å². The quantitative estimate of drug-likeness (QED) is 0.453. The summed E-state index contributed by atoms with van der Waals surface area (Å²) in [5.41, 5.74) is 2.35. The number of pyridine rings is 1. The molecular weight excluding hydrogens is 451 g/mol. The van der Waals surface area contributed by atoms with Crippen molar-refractivity contribution >= 4 is 39.9 Å². The first kappa shape index (κ1) is 22.8. The number of morpholine rings is 1. The predicted molar refractivity (Wildman–Crippen MR) is 128 cm³/mol. The van der Waals surface area contributed by atoms with E-state index in [-0.39, 0.29) is 6.10 Å². The number of hydrogen-bond donors (Lipinski definition) is 0. The van der Waals surface area contributed by atoms with E-state index in [1.54, 1.807) is 26.5 Å². The number of nitrogens with zero attached hydrogens (tertiary/aromatic N) is 4. The van der Waals surface area contributed by atoms with Gasteiger partial charge in [0.05, 0.1) is 43.7 Å². The first-order valence-electron chi connectivity index (χ1n) is 10.6. The van der Waals surface area contributed by atoms with Crippen molar-refractivity contribution in [2.45, 2.75) is 32.8 Å². The first-order valence-corrected chi connectivity index (χ1v) is 11.4. The van der Waals surface area contributed by atoms with Crippen molar-refractivity contribution in [2.75, 3.05) is 38.8 Å². The van der Waals surface area contributed by atoms with E-state index in [0.717, 1.165) is 29.6 Å². The maximum atomic E-state index is 6.82. The highest BCUT2D eigenvalue weighted by molar-refractivity contribution is 6.35. The minimum absolute atomic E-state index is 0.0886. The first-order chi connectivity index (χ1) is 15.5. The second-order valence-corrected chi connectivity index (χ2v) is 8.49. The zero-order valence-corrected chi connectivity index (χ0v) is 20.1. The van der Waals surface area contributed by atoms with Crippen LogP contribution in [0.15, 0.2) is 18.3 Å². The van der Waals surface area contributed by atoms with Gasteiger partial charge < -0.3 is 19.1 Å². The Morgan fingerprint density at radius 3 is 2.62 bits per heavy atom. The van der Waals surface area contributed by atoms with Crippen molar-refractivity contribution in [3.8, 4) is 22.9 Å². The number of hydrogen-bond acceptors (Lipinski definition) is 7. The van der Waals surface area contributed by atoms with Gasteiger partial charge in [0.15, 0.2) is 5.82 Å². The van der Waals surface area contributed by atoms with Gasteiger partial charge in [0, 0.05) is 35.7 Å². The van der Waals surface area contributed by atoms with Gasteiger partial charge in [0.1, 0.15) is 22.5 Å². The number of benzene rings is 1. The van der Waals surface area contributed by atoms with Crippen LogP contribution in [0.4, 0.5) is 5.82 Å². The summed E-state index contributed by atoms with van der Waals surface area (Å²) in [7, 11) is 3.22. The summed E-state index contributed by atoms with van der Waals surface area (Å²) < 4.78 is 16.9. The molecule has 0 N–H and O–H groups in total. The van der Waals surface area contributed by atoms with Crippen LogP contribution in [-0.2, 0) is 11.2 Å². The Morgan fingerprint density at radius 1 is 1.16 bits per heavy atom. The lowest BCUT2D eigenvalue weighted by atomic mass is 10.00. The number of halogens is 2. The van der Waals surface area contributed by atoms with E-state index < -0.39 is 0 Å². The number of fused-ring (bicyclic) bond motifs is 1. The van der Waals surface area contributed by atoms with Gasteiger partial charge in [-0.15, -0.1) is 0 Å². The number of ether oxygens (including phenoxy) is 3. The topological polar surface area (TPSA) is 69.6 Å². The van der Waals surface area contributed by atoms with Gasteiger partial charge in [-0.2, -0.15) is 0 Å². The lowest BCUT2D eigenvalue weighted by Crippen LogP contribution is -2.41. The van der Waals surface area contributed by atoms with Crippen molar-refractivity contribution in [3.63, 3.8) is 0 Å². The molecule has 1 atom stereocenters. The summed E-state index contributed by atoms with van der Waals surface area (Å²) in [6.07, 6.45) is 3.42. The summed E-state index contributed by atoms with van der Waals surface area (Å²) >= 11 is 13.0. The predicted octanol–water partition coefficient (Wildman–Crippen LogP) is 5.19. The van der Waals surface area contributed by atoms with E-state index in [2.05, 4.69) is 16.8 Å². The molecule has 4 rings (SSSR count). The van der Waals surface area contributed by atoms with Gasteiger partial charge >= 0.3 is 0 Å². The SMILES string of the molecule is CCCc1c(OC)cc(OC)c(Cl)c1-c1nc(N2CCOC(C)C2)c2cc(Cl)ncc2n1. The van der Waals surface area contributed by atoms with E-state index in [1.807, 2.05) is 13.0 Å². The van der Waals surface area contributed by atoms with Crippen LogP contribution >= 0.6 is 23.2 Å². The van der Waals surface area contributed by atoms with Gasteiger partial charge in [0.2, 0.25) is 0 Å². The molecule has 0 spiro atoms. The van der Waals surface area contributed by atoms with Crippen molar-refractivity contribution in [3.05, 3.63) is 34.1 Å². The third kappa shape index (κ3) is 4.29. The highest BCUT2D eigenvalue weighted by Crippen LogP contribution is 2.43. The largest absolute Gasteiger partial charge is 0.496 e. The monoisotopic (exact) mass is 476 g/mol. The highest BCUT2D eigenvalue weighted by Gasteiger charge is 2.26. The molecule has 3 heterocycles. The molecule has 170 valence electrons. The lowest BCUT2D eigenvalue weighted by molar-refractivity contribution is 0.0530. The molecule has 0 amide bonds. The van der Waals surface area contributed by atoms with Crippen LogP contribution in [0.3, 0.4) is 0 Å². The second-order valence-electron chi connectivity index (χ2n) is 7.72. The number of anilines is 1. The van der Waals surface area contributed by atoms with Crippen LogP contribution in [-0.4, -0.2) is 55.0 Å². The fraction of sp³-hybridized carbons (Fsp3) is 0.435. The van der Waals surface area contributed by atoms with E-state index in [1.165, 1.54) is 0 Å². The molecule has 0 saturated carbocycles. The molecule has 7 nitrogen and oxygen atoms in total. The van der Waals surface area contributed by atoms with Crippen LogP contribution in [0.5, 0.6) is 11.5 Å². The minimum Gasteiger partial charge on any atom is -0.496 e. The normalized spacial score (nSPS) is 16.4. The minimum atomic E-state index is 0.0886. The molecule has 1 aliphatic heterocycles. The van der Waals surface area contributed by atoms with Crippen molar-refractivity contribution < 1.29 is 14.2 Å². The summed E-state index contributed by atoms with van der Waals surface area (Å²) in [6, 6.07) is 3.61. The van der Waals surface area contributed by atoms with Gasteiger partial charge in [-0.3, -0.25) is 0 Å². The number of aromatic nitrogens is 3. The lowest BCUT2D eigenvalue weighted by Gasteiger charge is -2.33. The highest BCUT2D eigenvalue weighted by atomic mass is 35.5. The molecule has 0 bridgehead atoms. The van der Waals surface area contributed by atoms with Crippen molar-refractivity contribution in [2.24, 2.45) is 0 Å². The Morgan fingerprint density at radius 2 is 1.94 bits per heavy atom. The molecule has 1 unspecified atom stereocenters. The molecule has 0 radical (unpaired) electrons. The summed E-state index contributed by atoms with van der Waals surface area (Å²) in [6.45, 7) is 6.20. The third-order valence-electron chi connectivity index (χ3n) is 5.53. The Bertz CT molecular complexity index is 1140. The zero-order chi connectivity index (χ0) is 22.8. The van der Waals surface area contributed by atoms with Gasteiger partial charge in [-0.1, -0.05) is 36.5 Å². The van der Waals surface area contributed by atoms with Crippen LogP contribution in [0.25, 0.3) is 22.3 Å². The van der Waals surface area contributed by atoms with E-state index >= 15 is 0 Å². The van der Waals surface area contributed by atoms with E-state index in [4.69, 9.17) is 47.4 Å². The average molecular weight is 477 g/mol. The Labute approximate surface area is 197 Å². The molecule has 1 fully saturated rings. The standard InChI is InChI=1S/C23H26Cl2N4O3/c1-5-6-14-17(30-3)10-18(31-4)21(25)20(14)22-27-16-11-26-19(24)9-15(16)23(28-22)29-7-8-32-13(2)12-29/h9-11,13H,5-8,12H2,1-4H3. The molecule has 2 aromatic heterocycles. The summed E-state index contributed by atoms with van der Waals surface area (Å²) in [4.78, 5) is 16.3. The van der Waals surface area contributed by atoms with Crippen LogP contribution in [0.2, 0.25) is 10.2 Å². The summed E-state index contributed by atoms with van der Waals surface area (Å²) in [5, 5.41) is 1.69. The molecule has 1 saturated heterocycles. The fourth-order valence-electron chi connectivity index (χ4n) is 4.06. The maximum absolute atomic E-state index is 6.82. The average Bonchev–Trinajstić information content (AvgIpc) is 2.79. The van der Waals surface area contributed by atoms with Crippen LogP contribution < -0.4 is 14.4 Å². The smallest absolute Gasteiger partial charge is 0.164 e. The maximum Gasteiger partial charge on any atom is 0.164 e. The van der Waals surface area contributed by atoms with Crippen LogP contribution in [0.1, 0.15) is 25.8 Å². The Balaban J connectivity index is 2.00. The molecule has 3 aromatic rings. The second kappa shape index (κ2) is 9.65. The summed E-state index contributed by atoms with van der Waals surface area (Å²) in [5.74, 6) is 2.49. The third-order valence-corrected chi connectivity index (χ3v) is 6.11. The van der Waals surface area contributed by atoms with Gasteiger partial charge in [-0.05, 0) is 19.4 Å². The number of rotatable bonds is 6.